The van der Waals surface area contributed by atoms with Crippen LogP contribution in [-0.2, 0) is 4.79 Å². The lowest BCUT2D eigenvalue weighted by Crippen LogP contribution is -2.41. The van der Waals surface area contributed by atoms with Gasteiger partial charge in [-0.3, -0.25) is 4.79 Å². The van der Waals surface area contributed by atoms with Gasteiger partial charge in [-0.1, -0.05) is 43.0 Å². The molecule has 0 aromatic heterocycles. The number of benzene rings is 1. The van der Waals surface area contributed by atoms with Crippen molar-refractivity contribution in [2.24, 2.45) is 5.92 Å². The highest BCUT2D eigenvalue weighted by Crippen LogP contribution is 2.26. The third-order valence-corrected chi connectivity index (χ3v) is 4.40. The number of amides is 1. The van der Waals surface area contributed by atoms with Crippen LogP contribution in [0.5, 0.6) is 0 Å². The van der Waals surface area contributed by atoms with E-state index in [2.05, 4.69) is 17.6 Å². The van der Waals surface area contributed by atoms with Gasteiger partial charge >= 0.3 is 0 Å². The molecule has 2 rings (SSSR count). The third kappa shape index (κ3) is 4.37. The van der Waals surface area contributed by atoms with E-state index < -0.39 is 0 Å². The Bertz CT molecular complexity index is 479. The van der Waals surface area contributed by atoms with Crippen LogP contribution in [0.1, 0.15) is 32.6 Å². The molecule has 1 amide bonds. The smallest absolute Gasteiger partial charge is 0.238 e. The predicted molar refractivity (Wildman–Crippen MR) is 84.5 cm³/mol. The van der Waals surface area contributed by atoms with Gasteiger partial charge in [0.05, 0.1) is 17.3 Å². The molecule has 1 saturated carbocycles. The molecule has 0 unspecified atom stereocenters. The average molecular weight is 315 g/mol. The third-order valence-electron chi connectivity index (χ3n) is 3.84. The summed E-state index contributed by atoms with van der Waals surface area (Å²) in [4.78, 5) is 11.9. The molecule has 110 valence electrons. The van der Waals surface area contributed by atoms with Crippen molar-refractivity contribution in [3.8, 4) is 0 Å². The predicted octanol–water partition coefficient (Wildman–Crippen LogP) is 4.10. The summed E-state index contributed by atoms with van der Waals surface area (Å²) in [6, 6.07) is 5.46. The summed E-state index contributed by atoms with van der Waals surface area (Å²) >= 11 is 11.9. The Morgan fingerprint density at radius 3 is 2.80 bits per heavy atom. The lowest BCUT2D eigenvalue weighted by Gasteiger charge is -2.29. The van der Waals surface area contributed by atoms with Crippen LogP contribution in [0, 0.1) is 5.92 Å². The van der Waals surface area contributed by atoms with Crippen molar-refractivity contribution in [3.63, 3.8) is 0 Å². The molecule has 3 nitrogen and oxygen atoms in total. The van der Waals surface area contributed by atoms with E-state index in [1.54, 1.807) is 18.2 Å². The zero-order chi connectivity index (χ0) is 14.5. The maximum atomic E-state index is 11.9. The zero-order valence-corrected chi connectivity index (χ0v) is 13.1. The molecule has 1 aromatic carbocycles. The summed E-state index contributed by atoms with van der Waals surface area (Å²) in [6.45, 7) is 2.54. The molecule has 1 fully saturated rings. The van der Waals surface area contributed by atoms with Gasteiger partial charge < -0.3 is 10.6 Å². The number of hydrogen-bond acceptors (Lipinski definition) is 2. The highest BCUT2D eigenvalue weighted by Gasteiger charge is 2.21. The Morgan fingerprint density at radius 1 is 1.30 bits per heavy atom. The molecule has 1 aromatic rings. The standard InChI is InChI=1S/C15H20Cl2N2O/c1-10-4-2-3-5-13(10)18-9-15(20)19-14-8-11(16)6-7-12(14)17/h6-8,10,13,18H,2-5,9H2,1H3,(H,19,20)/t10-,13+/m1/s1. The van der Waals surface area contributed by atoms with E-state index in [4.69, 9.17) is 23.2 Å². The van der Waals surface area contributed by atoms with Gasteiger partial charge in [-0.25, -0.2) is 0 Å². The Balaban J connectivity index is 1.84. The molecule has 2 N–H and O–H groups in total. The van der Waals surface area contributed by atoms with Crippen molar-refractivity contribution in [2.45, 2.75) is 38.6 Å². The first-order chi connectivity index (χ1) is 9.56. The van der Waals surface area contributed by atoms with Gasteiger partial charge in [0.25, 0.3) is 0 Å². The van der Waals surface area contributed by atoms with E-state index in [0.29, 0.717) is 34.2 Å². The van der Waals surface area contributed by atoms with Gasteiger partial charge in [0.15, 0.2) is 0 Å². The molecule has 2 atom stereocenters. The van der Waals surface area contributed by atoms with E-state index in [1.807, 2.05) is 0 Å². The molecular formula is C15H20Cl2N2O. The fraction of sp³-hybridized carbons (Fsp3) is 0.533. The number of hydrogen-bond donors (Lipinski definition) is 2. The SMILES string of the molecule is C[C@@H]1CCCC[C@@H]1NCC(=O)Nc1cc(Cl)ccc1Cl. The second kappa shape index (κ2) is 7.30. The minimum Gasteiger partial charge on any atom is -0.324 e. The van der Waals surface area contributed by atoms with Crippen molar-refractivity contribution < 1.29 is 4.79 Å². The first kappa shape index (κ1) is 15.6. The largest absolute Gasteiger partial charge is 0.324 e. The minimum atomic E-state index is -0.0908. The molecular weight excluding hydrogens is 295 g/mol. The number of rotatable bonds is 4. The van der Waals surface area contributed by atoms with Crippen molar-refractivity contribution in [2.75, 3.05) is 11.9 Å². The molecule has 1 aliphatic carbocycles. The molecule has 1 aliphatic rings. The fourth-order valence-electron chi connectivity index (χ4n) is 2.63. The number of halogens is 2. The van der Waals surface area contributed by atoms with Crippen LogP contribution in [0.3, 0.4) is 0 Å². The lowest BCUT2D eigenvalue weighted by molar-refractivity contribution is -0.115. The topological polar surface area (TPSA) is 41.1 Å². The van der Waals surface area contributed by atoms with Gasteiger partial charge in [0.1, 0.15) is 0 Å². The molecule has 0 radical (unpaired) electrons. The van der Waals surface area contributed by atoms with Crippen molar-refractivity contribution in [1.82, 2.24) is 5.32 Å². The van der Waals surface area contributed by atoms with Gasteiger partial charge in [-0.05, 0) is 37.0 Å². The first-order valence-electron chi connectivity index (χ1n) is 7.04. The molecule has 0 aliphatic heterocycles. The van der Waals surface area contributed by atoms with E-state index in [1.165, 1.54) is 19.3 Å². The number of nitrogens with one attached hydrogen (secondary N) is 2. The van der Waals surface area contributed by atoms with Gasteiger partial charge in [-0.15, -0.1) is 0 Å². The van der Waals surface area contributed by atoms with Crippen LogP contribution in [0.2, 0.25) is 10.0 Å². The van der Waals surface area contributed by atoms with Gasteiger partial charge in [0.2, 0.25) is 5.91 Å². The normalized spacial score (nSPS) is 22.6. The number of carbonyl (C=O) groups is 1. The Labute approximate surface area is 130 Å². The van der Waals surface area contributed by atoms with Crippen LogP contribution < -0.4 is 10.6 Å². The van der Waals surface area contributed by atoms with E-state index >= 15 is 0 Å². The summed E-state index contributed by atoms with van der Waals surface area (Å²) in [7, 11) is 0. The van der Waals surface area contributed by atoms with Crippen LogP contribution in [0.15, 0.2) is 18.2 Å². The Kier molecular flexibility index (Phi) is 5.70. The molecule has 20 heavy (non-hydrogen) atoms. The molecule has 0 spiro atoms. The minimum absolute atomic E-state index is 0.0908. The maximum absolute atomic E-state index is 11.9. The molecule has 5 heteroatoms. The average Bonchev–Trinajstić information content (AvgIpc) is 2.42. The van der Waals surface area contributed by atoms with Crippen LogP contribution in [-0.4, -0.2) is 18.5 Å². The molecule has 0 heterocycles. The van der Waals surface area contributed by atoms with Gasteiger partial charge in [0, 0.05) is 11.1 Å². The van der Waals surface area contributed by atoms with Gasteiger partial charge in [-0.2, -0.15) is 0 Å². The van der Waals surface area contributed by atoms with Crippen molar-refractivity contribution in [1.29, 1.82) is 0 Å². The Morgan fingerprint density at radius 2 is 2.05 bits per heavy atom. The number of carbonyl (C=O) groups excluding carboxylic acids is 1. The first-order valence-corrected chi connectivity index (χ1v) is 7.80. The second-order valence-corrected chi connectivity index (χ2v) is 6.27. The monoisotopic (exact) mass is 314 g/mol. The summed E-state index contributed by atoms with van der Waals surface area (Å²) in [5.74, 6) is 0.540. The highest BCUT2D eigenvalue weighted by atomic mass is 35.5. The van der Waals surface area contributed by atoms with E-state index in [0.717, 1.165) is 6.42 Å². The van der Waals surface area contributed by atoms with Crippen LogP contribution in [0.25, 0.3) is 0 Å². The van der Waals surface area contributed by atoms with E-state index in [9.17, 15) is 4.79 Å². The molecule has 0 saturated heterocycles. The van der Waals surface area contributed by atoms with Crippen LogP contribution in [0.4, 0.5) is 5.69 Å². The molecule has 0 bridgehead atoms. The Hall–Kier alpha value is -0.770. The lowest BCUT2D eigenvalue weighted by atomic mass is 9.86. The van der Waals surface area contributed by atoms with Crippen molar-refractivity contribution in [3.05, 3.63) is 28.2 Å². The fourth-order valence-corrected chi connectivity index (χ4v) is 2.97. The quantitative estimate of drug-likeness (QED) is 0.878. The van der Waals surface area contributed by atoms with Crippen LogP contribution >= 0.6 is 23.2 Å². The summed E-state index contributed by atoms with van der Waals surface area (Å²) < 4.78 is 0. The zero-order valence-electron chi connectivity index (χ0n) is 11.6. The number of anilines is 1. The maximum Gasteiger partial charge on any atom is 0.238 e. The van der Waals surface area contributed by atoms with E-state index in [-0.39, 0.29) is 5.91 Å². The summed E-state index contributed by atoms with van der Waals surface area (Å²) in [5.41, 5.74) is 0.558. The summed E-state index contributed by atoms with van der Waals surface area (Å²) in [5, 5.41) is 7.17. The summed E-state index contributed by atoms with van der Waals surface area (Å²) in [6.07, 6.45) is 4.92. The highest BCUT2D eigenvalue weighted by molar-refractivity contribution is 6.35. The van der Waals surface area contributed by atoms with Crippen molar-refractivity contribution >= 4 is 34.8 Å². The second-order valence-electron chi connectivity index (χ2n) is 5.42.